The van der Waals surface area contributed by atoms with Gasteiger partial charge in [-0.15, -0.1) is 0 Å². The van der Waals surface area contributed by atoms with Crippen LogP contribution in [0.15, 0.2) is 125 Å². The van der Waals surface area contributed by atoms with Crippen LogP contribution in [0.4, 0.5) is 0 Å². The number of aryl methyl sites for hydroxylation is 1. The van der Waals surface area contributed by atoms with Crippen molar-refractivity contribution in [2.24, 2.45) is 0 Å². The van der Waals surface area contributed by atoms with Crippen molar-refractivity contribution in [3.63, 3.8) is 0 Å². The SMILES string of the molecule is COc1ccc(C(OC[C@@H](C)OCCn2cc(C)c(=O)n(C(=O)c3ccccc3)c2=O)(c2ccccc2)c2ccc(OC)cc2)cc1. The van der Waals surface area contributed by atoms with Crippen LogP contribution in [0.1, 0.15) is 39.5 Å². The molecule has 0 fully saturated rings. The van der Waals surface area contributed by atoms with Crippen LogP contribution in [-0.2, 0) is 21.6 Å². The van der Waals surface area contributed by atoms with Crippen molar-refractivity contribution in [1.29, 1.82) is 0 Å². The van der Waals surface area contributed by atoms with E-state index in [1.807, 2.05) is 85.8 Å². The average molecular weight is 635 g/mol. The summed E-state index contributed by atoms with van der Waals surface area (Å²) in [6, 6.07) is 33.8. The average Bonchev–Trinajstić information content (AvgIpc) is 3.12. The number of rotatable bonds is 13. The highest BCUT2D eigenvalue weighted by Gasteiger charge is 2.38. The fourth-order valence-electron chi connectivity index (χ4n) is 5.50. The summed E-state index contributed by atoms with van der Waals surface area (Å²) in [4.78, 5) is 39.1. The third-order valence-corrected chi connectivity index (χ3v) is 7.99. The Balaban J connectivity index is 1.39. The van der Waals surface area contributed by atoms with Gasteiger partial charge < -0.3 is 18.9 Å². The molecule has 0 spiro atoms. The van der Waals surface area contributed by atoms with Gasteiger partial charge >= 0.3 is 5.69 Å². The maximum absolute atomic E-state index is 13.3. The van der Waals surface area contributed by atoms with E-state index in [0.29, 0.717) is 4.57 Å². The molecule has 0 N–H and O–H groups in total. The molecular formula is C38H38N2O7. The Bertz CT molecular complexity index is 1850. The third kappa shape index (κ3) is 7.11. The molecule has 0 saturated heterocycles. The molecule has 1 aromatic heterocycles. The van der Waals surface area contributed by atoms with E-state index in [2.05, 4.69) is 0 Å². The zero-order valence-electron chi connectivity index (χ0n) is 26.9. The van der Waals surface area contributed by atoms with Gasteiger partial charge in [0.25, 0.3) is 11.5 Å². The van der Waals surface area contributed by atoms with Gasteiger partial charge in [0.05, 0.1) is 40.1 Å². The van der Waals surface area contributed by atoms with Crippen LogP contribution in [0.3, 0.4) is 0 Å². The van der Waals surface area contributed by atoms with Crippen molar-refractivity contribution in [2.75, 3.05) is 27.4 Å². The molecule has 5 aromatic rings. The van der Waals surface area contributed by atoms with Crippen molar-refractivity contribution in [3.8, 4) is 11.5 Å². The molecule has 0 amide bonds. The number of hydrogen-bond donors (Lipinski definition) is 0. The lowest BCUT2D eigenvalue weighted by Gasteiger charge is -2.37. The van der Waals surface area contributed by atoms with Crippen molar-refractivity contribution < 1.29 is 23.7 Å². The number of carbonyl (C=O) groups is 1. The van der Waals surface area contributed by atoms with E-state index in [9.17, 15) is 14.4 Å². The fraction of sp³-hybridized carbons (Fsp3) is 0.237. The van der Waals surface area contributed by atoms with Gasteiger partial charge in [-0.25, -0.2) is 4.79 Å². The highest BCUT2D eigenvalue weighted by atomic mass is 16.5. The maximum atomic E-state index is 13.3. The Labute approximate surface area is 273 Å². The number of aromatic nitrogens is 2. The number of nitrogens with zero attached hydrogens (tertiary/aromatic N) is 2. The molecule has 47 heavy (non-hydrogen) atoms. The number of ether oxygens (including phenoxy) is 4. The summed E-state index contributed by atoms with van der Waals surface area (Å²) in [7, 11) is 3.26. The second-order valence-corrected chi connectivity index (χ2v) is 11.1. The van der Waals surface area contributed by atoms with Gasteiger partial charge in [-0.05, 0) is 66.9 Å². The molecule has 1 atom stereocenters. The molecule has 0 aliphatic heterocycles. The van der Waals surface area contributed by atoms with Gasteiger partial charge in [0.2, 0.25) is 0 Å². The first-order valence-electron chi connectivity index (χ1n) is 15.3. The molecule has 9 nitrogen and oxygen atoms in total. The van der Waals surface area contributed by atoms with Crippen LogP contribution < -0.4 is 20.7 Å². The van der Waals surface area contributed by atoms with E-state index in [0.717, 1.165) is 28.2 Å². The van der Waals surface area contributed by atoms with Crippen LogP contribution >= 0.6 is 0 Å². The molecule has 0 unspecified atom stereocenters. The first-order valence-corrected chi connectivity index (χ1v) is 15.3. The van der Waals surface area contributed by atoms with Crippen LogP contribution in [0.5, 0.6) is 11.5 Å². The monoisotopic (exact) mass is 634 g/mol. The first kappa shape index (κ1) is 33.1. The molecule has 0 saturated carbocycles. The molecule has 0 bridgehead atoms. The van der Waals surface area contributed by atoms with E-state index < -0.39 is 22.8 Å². The highest BCUT2D eigenvalue weighted by Crippen LogP contribution is 2.41. The molecular weight excluding hydrogens is 596 g/mol. The lowest BCUT2D eigenvalue weighted by molar-refractivity contribution is -0.0596. The minimum atomic E-state index is -1.00. The number of benzene rings is 4. The summed E-state index contributed by atoms with van der Waals surface area (Å²) in [5, 5.41) is 0. The Kier molecular flexibility index (Phi) is 10.5. The number of carbonyl (C=O) groups excluding carboxylic acids is 1. The molecule has 9 heteroatoms. The Morgan fingerprint density at radius 3 is 1.79 bits per heavy atom. The van der Waals surface area contributed by atoms with Gasteiger partial charge in [0.1, 0.15) is 17.1 Å². The van der Waals surface area contributed by atoms with Gasteiger partial charge in [-0.1, -0.05) is 72.8 Å². The highest BCUT2D eigenvalue weighted by molar-refractivity contribution is 5.95. The zero-order chi connectivity index (χ0) is 33.4. The molecule has 0 aliphatic carbocycles. The van der Waals surface area contributed by atoms with Gasteiger partial charge in [0, 0.05) is 17.3 Å². The third-order valence-electron chi connectivity index (χ3n) is 7.99. The van der Waals surface area contributed by atoms with Crippen molar-refractivity contribution >= 4 is 5.91 Å². The van der Waals surface area contributed by atoms with E-state index >= 15 is 0 Å². The molecule has 5 rings (SSSR count). The summed E-state index contributed by atoms with van der Waals surface area (Å²) in [5.74, 6) is 0.781. The second kappa shape index (κ2) is 14.9. The van der Waals surface area contributed by atoms with Crippen molar-refractivity contribution in [2.45, 2.75) is 32.1 Å². The van der Waals surface area contributed by atoms with E-state index in [1.54, 1.807) is 51.5 Å². The van der Waals surface area contributed by atoms with Crippen LogP contribution in [0, 0.1) is 6.92 Å². The van der Waals surface area contributed by atoms with Gasteiger partial charge in [-0.3, -0.25) is 14.2 Å². The minimum Gasteiger partial charge on any atom is -0.497 e. The summed E-state index contributed by atoms with van der Waals surface area (Å²) in [6.45, 7) is 3.95. The molecule has 4 aromatic carbocycles. The van der Waals surface area contributed by atoms with Gasteiger partial charge in [0.15, 0.2) is 0 Å². The lowest BCUT2D eigenvalue weighted by Crippen LogP contribution is -2.45. The van der Waals surface area contributed by atoms with Crippen molar-refractivity contribution in [1.82, 2.24) is 9.13 Å². The van der Waals surface area contributed by atoms with E-state index in [1.165, 1.54) is 10.8 Å². The topological polar surface area (TPSA) is 98.0 Å². The van der Waals surface area contributed by atoms with Gasteiger partial charge in [-0.2, -0.15) is 4.57 Å². The van der Waals surface area contributed by atoms with Crippen LogP contribution in [0.25, 0.3) is 0 Å². The smallest absolute Gasteiger partial charge is 0.338 e. The molecule has 0 radical (unpaired) electrons. The standard InChI is InChI=1S/C38H38N2O7/c1-27-25-39(37(43)40(35(27)41)36(42)29-11-7-5-8-12-29)23-24-46-28(2)26-47-38(30-13-9-6-10-14-30,31-15-19-33(44-3)20-16-31)32-17-21-34(45-4)22-18-32/h5-22,25,28H,23-24,26H2,1-4H3/t28-/m1/s1. The zero-order valence-corrected chi connectivity index (χ0v) is 26.9. The van der Waals surface area contributed by atoms with E-state index in [4.69, 9.17) is 18.9 Å². The summed E-state index contributed by atoms with van der Waals surface area (Å²) >= 11 is 0. The number of methoxy groups -OCH3 is 2. The minimum absolute atomic E-state index is 0.132. The predicted molar refractivity (Wildman–Crippen MR) is 180 cm³/mol. The molecule has 1 heterocycles. The lowest BCUT2D eigenvalue weighted by atomic mass is 9.80. The molecule has 0 aliphatic rings. The van der Waals surface area contributed by atoms with E-state index in [-0.39, 0.29) is 37.0 Å². The largest absolute Gasteiger partial charge is 0.497 e. The summed E-state index contributed by atoms with van der Waals surface area (Å²) < 4.78 is 25.9. The van der Waals surface area contributed by atoms with Crippen molar-refractivity contribution in [3.05, 3.63) is 164 Å². The second-order valence-electron chi connectivity index (χ2n) is 11.1. The first-order chi connectivity index (χ1) is 22.8. The van der Waals surface area contributed by atoms with Crippen LogP contribution in [0.2, 0.25) is 0 Å². The maximum Gasteiger partial charge on any atom is 0.338 e. The van der Waals surface area contributed by atoms with Crippen LogP contribution in [-0.4, -0.2) is 48.6 Å². The molecule has 242 valence electrons. The predicted octanol–water partition coefficient (Wildman–Crippen LogP) is 5.44. The fourth-order valence-corrected chi connectivity index (χ4v) is 5.50. The Morgan fingerprint density at radius 2 is 1.26 bits per heavy atom. The summed E-state index contributed by atoms with van der Waals surface area (Å²) in [6.07, 6.45) is 1.07. The summed E-state index contributed by atoms with van der Waals surface area (Å²) in [5.41, 5.74) is 0.886. The quantitative estimate of drug-likeness (QED) is 0.159. The normalized spacial score (nSPS) is 12.0. The Morgan fingerprint density at radius 1 is 0.745 bits per heavy atom. The Hall–Kier alpha value is -5.25. The number of hydrogen-bond acceptors (Lipinski definition) is 7.